The van der Waals surface area contributed by atoms with E-state index < -0.39 is 15.6 Å². The third-order valence-electron chi connectivity index (χ3n) is 6.73. The number of hydrogen-bond acceptors (Lipinski definition) is 9. The minimum Gasteiger partial charge on any atom is -0.495 e. The highest BCUT2D eigenvalue weighted by Gasteiger charge is 2.33. The summed E-state index contributed by atoms with van der Waals surface area (Å²) in [4.78, 5) is 35.6. The zero-order chi connectivity index (χ0) is 26.2. The number of ether oxygens (including phenoxy) is 2. The molecule has 0 atom stereocenters. The van der Waals surface area contributed by atoms with Crippen molar-refractivity contribution in [3.63, 3.8) is 0 Å². The lowest BCUT2D eigenvalue weighted by atomic mass is 10.2. The van der Waals surface area contributed by atoms with Gasteiger partial charge < -0.3 is 19.3 Å². The number of benzene rings is 1. The standard InChI is InChI=1S/C24H29N5O6S2/c1-17-22(37(32,33)29-11-13-35-14-12-29)21-23(36-17)25-16-28(24(21)31)15-20(30)27-9-7-26(8-10-27)18-5-3-4-6-19(18)34-2/h3-6,16H,7-15H2,1-2H3. The molecular formula is C24H29N5O6S2. The molecule has 0 spiro atoms. The van der Waals surface area contributed by atoms with E-state index in [1.807, 2.05) is 24.3 Å². The first-order chi connectivity index (χ1) is 17.8. The molecular weight excluding hydrogens is 518 g/mol. The molecule has 1 amide bonds. The Morgan fingerprint density at radius 2 is 1.81 bits per heavy atom. The van der Waals surface area contributed by atoms with Gasteiger partial charge >= 0.3 is 0 Å². The summed E-state index contributed by atoms with van der Waals surface area (Å²) in [5.41, 5.74) is 0.451. The Bertz CT molecular complexity index is 1470. The zero-order valence-electron chi connectivity index (χ0n) is 20.8. The number of aromatic nitrogens is 2. The summed E-state index contributed by atoms with van der Waals surface area (Å²) in [5, 5.41) is 0.0466. The number of hydrogen-bond donors (Lipinski definition) is 0. The van der Waals surface area contributed by atoms with Gasteiger partial charge in [-0.3, -0.25) is 14.2 Å². The number of nitrogens with zero attached hydrogens (tertiary/aromatic N) is 5. The van der Waals surface area contributed by atoms with Crippen LogP contribution in [-0.2, 0) is 26.1 Å². The van der Waals surface area contributed by atoms with Crippen molar-refractivity contribution in [1.82, 2.24) is 18.8 Å². The number of anilines is 1. The van der Waals surface area contributed by atoms with Crippen molar-refractivity contribution in [3.05, 3.63) is 45.8 Å². The number of carbonyl (C=O) groups excluding carboxylic acids is 1. The number of aryl methyl sites for hydroxylation is 1. The van der Waals surface area contributed by atoms with Gasteiger partial charge in [-0.25, -0.2) is 13.4 Å². The summed E-state index contributed by atoms with van der Waals surface area (Å²) in [6.45, 7) is 4.79. The Balaban J connectivity index is 1.35. The van der Waals surface area contributed by atoms with Gasteiger partial charge in [-0.15, -0.1) is 11.3 Å². The van der Waals surface area contributed by atoms with Crippen LogP contribution in [-0.4, -0.2) is 92.7 Å². The highest BCUT2D eigenvalue weighted by Crippen LogP contribution is 2.33. The highest BCUT2D eigenvalue weighted by atomic mass is 32.2. The third kappa shape index (κ3) is 4.83. The molecule has 0 N–H and O–H groups in total. The molecule has 2 fully saturated rings. The number of thiophene rings is 1. The summed E-state index contributed by atoms with van der Waals surface area (Å²) in [6.07, 6.45) is 1.33. The Hall–Kier alpha value is -3.00. The molecule has 2 aliphatic rings. The molecule has 13 heteroatoms. The molecule has 0 saturated carbocycles. The number of piperazine rings is 1. The summed E-state index contributed by atoms with van der Waals surface area (Å²) < 4.78 is 40.1. The number of amides is 1. The number of sulfonamides is 1. The first-order valence-electron chi connectivity index (χ1n) is 12.0. The minimum atomic E-state index is -3.90. The first kappa shape index (κ1) is 25.6. The van der Waals surface area contributed by atoms with Gasteiger partial charge in [0.2, 0.25) is 15.9 Å². The third-order valence-corrected chi connectivity index (χ3v) is 9.94. The van der Waals surface area contributed by atoms with Crippen molar-refractivity contribution in [2.75, 3.05) is 64.5 Å². The molecule has 5 rings (SSSR count). The summed E-state index contributed by atoms with van der Waals surface area (Å²) in [5.74, 6) is 0.564. The Labute approximate surface area is 218 Å². The molecule has 0 radical (unpaired) electrons. The van der Waals surface area contributed by atoms with Crippen LogP contribution >= 0.6 is 11.3 Å². The molecule has 0 unspecified atom stereocenters. The van der Waals surface area contributed by atoms with E-state index in [9.17, 15) is 18.0 Å². The van der Waals surface area contributed by atoms with Crippen LogP contribution in [0.4, 0.5) is 5.69 Å². The van der Waals surface area contributed by atoms with Crippen LogP contribution in [0.5, 0.6) is 5.75 Å². The smallest absolute Gasteiger partial charge is 0.263 e. The highest BCUT2D eigenvalue weighted by molar-refractivity contribution is 7.89. The van der Waals surface area contributed by atoms with Crippen molar-refractivity contribution >= 4 is 43.2 Å². The van der Waals surface area contributed by atoms with E-state index in [1.165, 1.54) is 26.5 Å². The van der Waals surface area contributed by atoms with Crippen LogP contribution in [0.1, 0.15) is 4.88 Å². The molecule has 1 aromatic carbocycles. The van der Waals surface area contributed by atoms with Crippen LogP contribution in [0.3, 0.4) is 0 Å². The number of carbonyl (C=O) groups is 1. The molecule has 4 heterocycles. The first-order valence-corrected chi connectivity index (χ1v) is 14.3. The molecule has 2 saturated heterocycles. The van der Waals surface area contributed by atoms with Crippen LogP contribution in [0.25, 0.3) is 10.2 Å². The minimum absolute atomic E-state index is 0.0147. The number of methoxy groups -OCH3 is 1. The number of fused-ring (bicyclic) bond motifs is 1. The van der Waals surface area contributed by atoms with Crippen LogP contribution < -0.4 is 15.2 Å². The number of para-hydroxylation sites is 2. The van der Waals surface area contributed by atoms with Gasteiger partial charge in [0.05, 0.1) is 37.7 Å². The predicted molar refractivity (Wildman–Crippen MR) is 140 cm³/mol. The fourth-order valence-electron chi connectivity index (χ4n) is 4.79. The molecule has 2 aromatic heterocycles. The fourth-order valence-corrected chi connectivity index (χ4v) is 7.86. The summed E-state index contributed by atoms with van der Waals surface area (Å²) in [7, 11) is -2.27. The van der Waals surface area contributed by atoms with E-state index in [0.717, 1.165) is 11.4 Å². The van der Waals surface area contributed by atoms with Crippen molar-refractivity contribution in [2.24, 2.45) is 0 Å². The van der Waals surface area contributed by atoms with Crippen molar-refractivity contribution in [1.29, 1.82) is 0 Å². The average Bonchev–Trinajstić information content (AvgIpc) is 3.28. The fraction of sp³-hybridized carbons (Fsp3) is 0.458. The molecule has 198 valence electrons. The van der Waals surface area contributed by atoms with E-state index in [-0.39, 0.29) is 35.8 Å². The van der Waals surface area contributed by atoms with Crippen LogP contribution in [0, 0.1) is 6.92 Å². The van der Waals surface area contributed by atoms with Gasteiger partial charge in [-0.1, -0.05) is 12.1 Å². The van der Waals surface area contributed by atoms with E-state index in [4.69, 9.17) is 9.47 Å². The largest absolute Gasteiger partial charge is 0.495 e. The van der Waals surface area contributed by atoms with Gasteiger partial charge in [0.15, 0.2) is 0 Å². The van der Waals surface area contributed by atoms with Gasteiger partial charge in [-0.2, -0.15) is 4.31 Å². The van der Waals surface area contributed by atoms with Crippen molar-refractivity contribution < 1.29 is 22.7 Å². The van der Waals surface area contributed by atoms with Gasteiger partial charge in [0.1, 0.15) is 22.0 Å². The second kappa shape index (κ2) is 10.4. The van der Waals surface area contributed by atoms with E-state index >= 15 is 0 Å². The lowest BCUT2D eigenvalue weighted by molar-refractivity contribution is -0.132. The van der Waals surface area contributed by atoms with E-state index in [1.54, 1.807) is 18.9 Å². The second-order valence-electron chi connectivity index (χ2n) is 8.90. The maximum atomic E-state index is 13.4. The topological polar surface area (TPSA) is 114 Å². The van der Waals surface area contributed by atoms with Crippen LogP contribution in [0.15, 0.2) is 40.3 Å². The SMILES string of the molecule is COc1ccccc1N1CCN(C(=O)Cn2cnc3sc(C)c(S(=O)(=O)N4CCOCC4)c3c2=O)CC1. The molecule has 2 aliphatic heterocycles. The summed E-state index contributed by atoms with van der Waals surface area (Å²) in [6, 6.07) is 7.76. The van der Waals surface area contributed by atoms with Gasteiger partial charge in [0.25, 0.3) is 5.56 Å². The maximum Gasteiger partial charge on any atom is 0.263 e. The van der Waals surface area contributed by atoms with E-state index in [2.05, 4.69) is 9.88 Å². The lowest BCUT2D eigenvalue weighted by Crippen LogP contribution is -2.50. The molecule has 3 aromatic rings. The number of rotatable bonds is 6. The van der Waals surface area contributed by atoms with Gasteiger partial charge in [-0.05, 0) is 19.1 Å². The van der Waals surface area contributed by atoms with Crippen LogP contribution in [0.2, 0.25) is 0 Å². The average molecular weight is 548 g/mol. The lowest BCUT2D eigenvalue weighted by Gasteiger charge is -2.36. The summed E-state index contributed by atoms with van der Waals surface area (Å²) >= 11 is 1.17. The quantitative estimate of drug-likeness (QED) is 0.452. The Kier molecular flexibility index (Phi) is 7.21. The van der Waals surface area contributed by atoms with Gasteiger partial charge in [0, 0.05) is 44.1 Å². The molecule has 0 aliphatic carbocycles. The Morgan fingerprint density at radius 1 is 1.11 bits per heavy atom. The molecule has 11 nitrogen and oxygen atoms in total. The van der Waals surface area contributed by atoms with Crippen molar-refractivity contribution in [2.45, 2.75) is 18.4 Å². The number of morpholine rings is 1. The maximum absolute atomic E-state index is 13.4. The monoisotopic (exact) mass is 547 g/mol. The molecule has 0 bridgehead atoms. The predicted octanol–water partition coefficient (Wildman–Crippen LogP) is 1.14. The Morgan fingerprint density at radius 3 is 2.51 bits per heavy atom. The normalized spacial score (nSPS) is 17.4. The van der Waals surface area contributed by atoms with Crippen molar-refractivity contribution in [3.8, 4) is 5.75 Å². The van der Waals surface area contributed by atoms with E-state index in [0.29, 0.717) is 49.1 Å². The zero-order valence-corrected chi connectivity index (χ0v) is 22.4. The molecule has 37 heavy (non-hydrogen) atoms. The second-order valence-corrected chi connectivity index (χ2v) is 12.0.